The van der Waals surface area contributed by atoms with E-state index in [0.29, 0.717) is 18.9 Å². The minimum Gasteiger partial charge on any atom is -0.508 e. The number of hydrogen-bond donors (Lipinski definition) is 2. The summed E-state index contributed by atoms with van der Waals surface area (Å²) in [4.78, 5) is 11.6. The molecule has 0 spiro atoms. The molecule has 4 nitrogen and oxygen atoms in total. The molecule has 1 atom stereocenters. The van der Waals surface area contributed by atoms with E-state index in [1.54, 1.807) is 18.2 Å². The summed E-state index contributed by atoms with van der Waals surface area (Å²) in [6.45, 7) is 2.22. The van der Waals surface area contributed by atoms with Crippen LogP contribution in [0.2, 0.25) is 0 Å². The van der Waals surface area contributed by atoms with Crippen molar-refractivity contribution in [3.63, 3.8) is 0 Å². The van der Waals surface area contributed by atoms with Crippen molar-refractivity contribution in [1.82, 2.24) is 5.32 Å². The maximum absolute atomic E-state index is 11.6. The number of rotatable bonds is 4. The lowest BCUT2D eigenvalue weighted by Crippen LogP contribution is -2.30. The van der Waals surface area contributed by atoms with Gasteiger partial charge in [-0.1, -0.05) is 12.1 Å². The molecular weight excluding hydrogens is 218 g/mol. The van der Waals surface area contributed by atoms with Gasteiger partial charge in [0.1, 0.15) is 5.75 Å². The number of carbonyl (C=O) groups is 1. The number of amides is 1. The lowest BCUT2D eigenvalue weighted by molar-refractivity contribution is -0.120. The smallest absolute Gasteiger partial charge is 0.224 e. The van der Waals surface area contributed by atoms with Gasteiger partial charge in [0, 0.05) is 19.1 Å². The van der Waals surface area contributed by atoms with E-state index in [0.717, 1.165) is 25.2 Å². The molecule has 1 saturated heterocycles. The molecule has 1 aliphatic rings. The molecule has 0 aliphatic carbocycles. The third-order valence-corrected chi connectivity index (χ3v) is 2.89. The molecule has 1 heterocycles. The zero-order chi connectivity index (χ0) is 12.1. The molecule has 1 fully saturated rings. The number of benzene rings is 1. The molecule has 2 rings (SSSR count). The van der Waals surface area contributed by atoms with Crippen molar-refractivity contribution in [1.29, 1.82) is 0 Å². The Kier molecular flexibility index (Phi) is 3.98. The zero-order valence-corrected chi connectivity index (χ0v) is 9.69. The standard InChI is InChI=1S/C13H17NO3/c15-12-3-1-2-10(6-12)7-13(16)14-8-11-4-5-17-9-11/h1-3,6,11,15H,4-5,7-9H2,(H,14,16). The Bertz CT molecular complexity index is 386. The minimum absolute atomic E-state index is 0.0116. The first-order chi connectivity index (χ1) is 8.24. The number of phenolic OH excluding ortho intramolecular Hbond substituents is 1. The van der Waals surface area contributed by atoms with Crippen molar-refractivity contribution in [2.45, 2.75) is 12.8 Å². The van der Waals surface area contributed by atoms with Crippen molar-refractivity contribution >= 4 is 5.91 Å². The van der Waals surface area contributed by atoms with Crippen LogP contribution in [-0.4, -0.2) is 30.8 Å². The Hall–Kier alpha value is -1.55. The van der Waals surface area contributed by atoms with E-state index in [4.69, 9.17) is 4.74 Å². The van der Waals surface area contributed by atoms with Crippen LogP contribution < -0.4 is 5.32 Å². The predicted molar refractivity (Wildman–Crippen MR) is 63.7 cm³/mol. The van der Waals surface area contributed by atoms with E-state index < -0.39 is 0 Å². The number of nitrogens with one attached hydrogen (secondary N) is 1. The topological polar surface area (TPSA) is 58.6 Å². The summed E-state index contributed by atoms with van der Waals surface area (Å²) in [6.07, 6.45) is 1.33. The van der Waals surface area contributed by atoms with Gasteiger partial charge in [-0.2, -0.15) is 0 Å². The Balaban J connectivity index is 1.76. The van der Waals surface area contributed by atoms with Gasteiger partial charge in [-0.05, 0) is 24.1 Å². The van der Waals surface area contributed by atoms with E-state index >= 15 is 0 Å². The van der Waals surface area contributed by atoms with Crippen LogP contribution in [0.15, 0.2) is 24.3 Å². The highest BCUT2D eigenvalue weighted by atomic mass is 16.5. The Morgan fingerprint density at radius 1 is 1.53 bits per heavy atom. The third-order valence-electron chi connectivity index (χ3n) is 2.89. The summed E-state index contributed by atoms with van der Waals surface area (Å²) in [5, 5.41) is 12.2. The molecule has 0 radical (unpaired) electrons. The van der Waals surface area contributed by atoms with Crippen molar-refractivity contribution in [2.24, 2.45) is 5.92 Å². The van der Waals surface area contributed by atoms with Crippen LogP contribution in [0.5, 0.6) is 5.75 Å². The van der Waals surface area contributed by atoms with Crippen LogP contribution >= 0.6 is 0 Å². The third kappa shape index (κ3) is 3.75. The molecule has 2 N–H and O–H groups in total. The summed E-state index contributed by atoms with van der Waals surface area (Å²) >= 11 is 0. The summed E-state index contributed by atoms with van der Waals surface area (Å²) in [5.74, 6) is 0.630. The lowest BCUT2D eigenvalue weighted by Gasteiger charge is -2.09. The molecule has 17 heavy (non-hydrogen) atoms. The summed E-state index contributed by atoms with van der Waals surface area (Å²) in [7, 11) is 0. The van der Waals surface area contributed by atoms with Crippen LogP contribution in [0.25, 0.3) is 0 Å². The van der Waals surface area contributed by atoms with E-state index in [1.165, 1.54) is 0 Å². The first-order valence-electron chi connectivity index (χ1n) is 5.86. The number of ether oxygens (including phenoxy) is 1. The number of phenols is 1. The highest BCUT2D eigenvalue weighted by molar-refractivity contribution is 5.78. The molecular formula is C13H17NO3. The number of hydrogen-bond acceptors (Lipinski definition) is 3. The van der Waals surface area contributed by atoms with Gasteiger partial charge in [0.15, 0.2) is 0 Å². The molecule has 4 heteroatoms. The van der Waals surface area contributed by atoms with E-state index in [9.17, 15) is 9.90 Å². The fraction of sp³-hybridized carbons (Fsp3) is 0.462. The highest BCUT2D eigenvalue weighted by Gasteiger charge is 2.16. The van der Waals surface area contributed by atoms with Gasteiger partial charge in [0.05, 0.1) is 13.0 Å². The van der Waals surface area contributed by atoms with E-state index in [1.807, 2.05) is 6.07 Å². The fourth-order valence-corrected chi connectivity index (χ4v) is 1.92. The molecule has 1 unspecified atom stereocenters. The molecule has 0 aromatic heterocycles. The largest absolute Gasteiger partial charge is 0.508 e. The Morgan fingerprint density at radius 2 is 2.41 bits per heavy atom. The molecule has 0 bridgehead atoms. The van der Waals surface area contributed by atoms with E-state index in [-0.39, 0.29) is 11.7 Å². The highest BCUT2D eigenvalue weighted by Crippen LogP contribution is 2.12. The summed E-state index contributed by atoms with van der Waals surface area (Å²) in [5.41, 5.74) is 0.824. The predicted octanol–water partition coefficient (Wildman–Crippen LogP) is 1.09. The van der Waals surface area contributed by atoms with Crippen LogP contribution in [0.1, 0.15) is 12.0 Å². The quantitative estimate of drug-likeness (QED) is 0.821. The van der Waals surface area contributed by atoms with Crippen molar-refractivity contribution in [3.8, 4) is 5.75 Å². The van der Waals surface area contributed by atoms with Gasteiger partial charge in [-0.15, -0.1) is 0 Å². The van der Waals surface area contributed by atoms with Crippen LogP contribution in [0, 0.1) is 5.92 Å². The van der Waals surface area contributed by atoms with E-state index in [2.05, 4.69) is 5.32 Å². The first-order valence-corrected chi connectivity index (χ1v) is 5.86. The van der Waals surface area contributed by atoms with Gasteiger partial charge in [-0.25, -0.2) is 0 Å². The minimum atomic E-state index is -0.0116. The number of aromatic hydroxyl groups is 1. The molecule has 92 valence electrons. The van der Waals surface area contributed by atoms with Crippen LogP contribution in [-0.2, 0) is 16.0 Å². The number of carbonyl (C=O) groups excluding carboxylic acids is 1. The first kappa shape index (κ1) is 11.9. The van der Waals surface area contributed by atoms with Gasteiger partial charge in [0.25, 0.3) is 0 Å². The second-order valence-corrected chi connectivity index (χ2v) is 4.38. The maximum Gasteiger partial charge on any atom is 0.224 e. The average molecular weight is 235 g/mol. The molecule has 0 saturated carbocycles. The SMILES string of the molecule is O=C(Cc1cccc(O)c1)NCC1CCOC1. The van der Waals surface area contributed by atoms with Gasteiger partial charge < -0.3 is 15.2 Å². The normalized spacial score (nSPS) is 19.2. The van der Waals surface area contributed by atoms with Crippen LogP contribution in [0.4, 0.5) is 0 Å². The van der Waals surface area contributed by atoms with Gasteiger partial charge >= 0.3 is 0 Å². The van der Waals surface area contributed by atoms with Gasteiger partial charge in [-0.3, -0.25) is 4.79 Å². The maximum atomic E-state index is 11.6. The van der Waals surface area contributed by atoms with Crippen molar-refractivity contribution in [2.75, 3.05) is 19.8 Å². The molecule has 1 aromatic carbocycles. The fourth-order valence-electron chi connectivity index (χ4n) is 1.92. The average Bonchev–Trinajstić information content (AvgIpc) is 2.79. The molecule has 1 amide bonds. The Morgan fingerprint density at radius 3 is 3.12 bits per heavy atom. The van der Waals surface area contributed by atoms with Crippen molar-refractivity contribution in [3.05, 3.63) is 29.8 Å². The Labute approximate surface area is 101 Å². The summed E-state index contributed by atoms with van der Waals surface area (Å²) in [6, 6.07) is 6.77. The second kappa shape index (κ2) is 5.68. The zero-order valence-electron chi connectivity index (χ0n) is 9.69. The van der Waals surface area contributed by atoms with Crippen molar-refractivity contribution < 1.29 is 14.6 Å². The molecule has 1 aliphatic heterocycles. The van der Waals surface area contributed by atoms with Gasteiger partial charge in [0.2, 0.25) is 5.91 Å². The lowest BCUT2D eigenvalue weighted by atomic mass is 10.1. The second-order valence-electron chi connectivity index (χ2n) is 4.38. The summed E-state index contributed by atoms with van der Waals surface area (Å²) < 4.78 is 5.24. The molecule has 1 aromatic rings. The van der Waals surface area contributed by atoms with Crippen LogP contribution in [0.3, 0.4) is 0 Å². The monoisotopic (exact) mass is 235 g/mol.